The maximum Gasteiger partial charge on any atom is 0.324 e. The Bertz CT molecular complexity index is 552. The maximum absolute atomic E-state index is 12.5. The number of aryl methyl sites for hydroxylation is 1. The van der Waals surface area contributed by atoms with Gasteiger partial charge in [0.05, 0.1) is 0 Å². The molecule has 120 valence electrons. The largest absolute Gasteiger partial charge is 0.369 e. The van der Waals surface area contributed by atoms with Crippen molar-refractivity contribution in [1.29, 1.82) is 0 Å². The Morgan fingerprint density at radius 2 is 1.82 bits per heavy atom. The molecule has 0 saturated carbocycles. The molecule has 0 bridgehead atoms. The molecule has 2 saturated heterocycles. The van der Waals surface area contributed by atoms with Crippen molar-refractivity contribution in [1.82, 2.24) is 10.2 Å². The molecule has 2 aliphatic rings. The Morgan fingerprint density at radius 3 is 2.41 bits per heavy atom. The number of nitrogens with zero attached hydrogens (tertiary/aromatic N) is 3. The van der Waals surface area contributed by atoms with Crippen LogP contribution < -0.4 is 15.1 Å². The lowest BCUT2D eigenvalue weighted by atomic mass is 10.1. The predicted molar refractivity (Wildman–Crippen MR) is 90.8 cm³/mol. The van der Waals surface area contributed by atoms with Gasteiger partial charge in [-0.25, -0.2) is 4.79 Å². The Morgan fingerprint density at radius 1 is 1.09 bits per heavy atom. The average molecular weight is 302 g/mol. The molecule has 1 N–H and O–H groups in total. The zero-order chi connectivity index (χ0) is 15.7. The van der Waals surface area contributed by atoms with Gasteiger partial charge in [-0.1, -0.05) is 0 Å². The van der Waals surface area contributed by atoms with Gasteiger partial charge in [0, 0.05) is 56.7 Å². The van der Waals surface area contributed by atoms with E-state index in [4.69, 9.17) is 0 Å². The van der Waals surface area contributed by atoms with E-state index in [0.717, 1.165) is 45.0 Å². The minimum atomic E-state index is 0.132. The first kappa shape index (κ1) is 15.2. The summed E-state index contributed by atoms with van der Waals surface area (Å²) in [6.45, 7) is 12.0. The van der Waals surface area contributed by atoms with E-state index in [9.17, 15) is 4.79 Å². The van der Waals surface area contributed by atoms with E-state index in [2.05, 4.69) is 49.2 Å². The fourth-order valence-corrected chi connectivity index (χ4v) is 3.32. The first-order valence-corrected chi connectivity index (χ1v) is 8.22. The highest BCUT2D eigenvalue weighted by molar-refractivity contribution is 5.95. The Hall–Kier alpha value is -1.75. The van der Waals surface area contributed by atoms with Crippen LogP contribution in [-0.2, 0) is 0 Å². The molecule has 5 nitrogen and oxygen atoms in total. The van der Waals surface area contributed by atoms with Crippen molar-refractivity contribution < 1.29 is 4.79 Å². The summed E-state index contributed by atoms with van der Waals surface area (Å²) in [7, 11) is 0. The van der Waals surface area contributed by atoms with Crippen LogP contribution in [0.2, 0.25) is 0 Å². The third-order valence-corrected chi connectivity index (χ3v) is 4.62. The third kappa shape index (κ3) is 2.77. The first-order chi connectivity index (χ1) is 10.6. The molecule has 0 unspecified atom stereocenters. The van der Waals surface area contributed by atoms with E-state index in [1.54, 1.807) is 0 Å². The van der Waals surface area contributed by atoms with Gasteiger partial charge >= 0.3 is 6.03 Å². The smallest absolute Gasteiger partial charge is 0.324 e. The molecule has 2 heterocycles. The summed E-state index contributed by atoms with van der Waals surface area (Å²) in [6.07, 6.45) is 0. The number of amides is 2. The van der Waals surface area contributed by atoms with Crippen LogP contribution >= 0.6 is 0 Å². The summed E-state index contributed by atoms with van der Waals surface area (Å²) in [5, 5.41) is 3.38. The molecule has 2 aliphatic heterocycles. The molecule has 2 fully saturated rings. The summed E-state index contributed by atoms with van der Waals surface area (Å²) < 4.78 is 0. The molecule has 1 aromatic rings. The van der Waals surface area contributed by atoms with Crippen molar-refractivity contribution in [2.24, 2.45) is 0 Å². The molecule has 0 atom stereocenters. The number of rotatable bonds is 3. The number of hydrogen-bond acceptors (Lipinski definition) is 3. The van der Waals surface area contributed by atoms with Crippen molar-refractivity contribution in [3.63, 3.8) is 0 Å². The number of hydrogen-bond donors (Lipinski definition) is 1. The van der Waals surface area contributed by atoms with Gasteiger partial charge in [0.1, 0.15) is 0 Å². The van der Waals surface area contributed by atoms with E-state index < -0.39 is 0 Å². The highest BCUT2D eigenvalue weighted by atomic mass is 16.2. The summed E-state index contributed by atoms with van der Waals surface area (Å²) >= 11 is 0. The van der Waals surface area contributed by atoms with Crippen molar-refractivity contribution in [3.05, 3.63) is 23.8 Å². The van der Waals surface area contributed by atoms with E-state index in [-0.39, 0.29) is 12.1 Å². The van der Waals surface area contributed by atoms with Gasteiger partial charge in [0.25, 0.3) is 0 Å². The number of carbonyl (C=O) groups is 1. The van der Waals surface area contributed by atoms with Gasteiger partial charge in [-0.05, 0) is 44.5 Å². The number of benzene rings is 1. The third-order valence-electron chi connectivity index (χ3n) is 4.62. The molecule has 0 spiro atoms. The van der Waals surface area contributed by atoms with Gasteiger partial charge in [0.15, 0.2) is 0 Å². The average Bonchev–Trinajstić information content (AvgIpc) is 2.90. The normalized spacial score (nSPS) is 19.5. The zero-order valence-corrected chi connectivity index (χ0v) is 13.8. The molecule has 5 heteroatoms. The molecule has 22 heavy (non-hydrogen) atoms. The second-order valence-electron chi connectivity index (χ2n) is 6.43. The minimum absolute atomic E-state index is 0.132. The monoisotopic (exact) mass is 302 g/mol. The van der Waals surface area contributed by atoms with Crippen LogP contribution in [0.15, 0.2) is 18.2 Å². The van der Waals surface area contributed by atoms with E-state index in [0.29, 0.717) is 0 Å². The minimum Gasteiger partial charge on any atom is -0.369 e. The number of anilines is 2. The summed E-state index contributed by atoms with van der Waals surface area (Å²) in [5.74, 6) is 0. The zero-order valence-electron chi connectivity index (χ0n) is 13.8. The van der Waals surface area contributed by atoms with Crippen LogP contribution in [0.25, 0.3) is 0 Å². The highest BCUT2D eigenvalue weighted by Crippen LogP contribution is 2.29. The quantitative estimate of drug-likeness (QED) is 0.929. The lowest BCUT2D eigenvalue weighted by Gasteiger charge is -2.30. The van der Waals surface area contributed by atoms with Crippen LogP contribution in [0.5, 0.6) is 0 Å². The van der Waals surface area contributed by atoms with E-state index in [1.807, 2.05) is 9.80 Å². The number of piperazine rings is 1. The topological polar surface area (TPSA) is 38.8 Å². The Labute approximate surface area is 132 Å². The second-order valence-corrected chi connectivity index (χ2v) is 6.43. The Kier molecular flexibility index (Phi) is 4.25. The molecular weight excluding hydrogens is 276 g/mol. The first-order valence-electron chi connectivity index (χ1n) is 8.22. The van der Waals surface area contributed by atoms with Gasteiger partial charge < -0.3 is 15.1 Å². The standard InChI is InChI=1S/C17H26N4O/c1-13(2)20-10-11-21(17(20)22)16-5-4-15(12-14(16)3)19-8-6-18-7-9-19/h4-5,12-13,18H,6-11H2,1-3H3. The SMILES string of the molecule is Cc1cc(N2CCNCC2)ccc1N1CCN(C(C)C)C1=O. The van der Waals surface area contributed by atoms with Gasteiger partial charge in [0.2, 0.25) is 0 Å². The van der Waals surface area contributed by atoms with Crippen molar-refractivity contribution in [3.8, 4) is 0 Å². The number of nitrogens with one attached hydrogen (secondary N) is 1. The van der Waals surface area contributed by atoms with Gasteiger partial charge in [-0.2, -0.15) is 0 Å². The van der Waals surface area contributed by atoms with Crippen LogP contribution in [0.3, 0.4) is 0 Å². The molecule has 0 aliphatic carbocycles. The lowest BCUT2D eigenvalue weighted by Crippen LogP contribution is -2.43. The van der Waals surface area contributed by atoms with Gasteiger partial charge in [-0.15, -0.1) is 0 Å². The fourth-order valence-electron chi connectivity index (χ4n) is 3.32. The molecule has 1 aromatic carbocycles. The van der Waals surface area contributed by atoms with Crippen molar-refractivity contribution >= 4 is 17.4 Å². The van der Waals surface area contributed by atoms with Crippen LogP contribution in [-0.4, -0.2) is 56.2 Å². The van der Waals surface area contributed by atoms with E-state index >= 15 is 0 Å². The maximum atomic E-state index is 12.5. The molecular formula is C17H26N4O. The van der Waals surface area contributed by atoms with Crippen LogP contribution in [0.1, 0.15) is 19.4 Å². The molecule has 2 amide bonds. The fraction of sp³-hybridized carbons (Fsp3) is 0.588. The molecule has 3 rings (SSSR count). The highest BCUT2D eigenvalue weighted by Gasteiger charge is 2.31. The summed E-state index contributed by atoms with van der Waals surface area (Å²) in [4.78, 5) is 18.8. The second kappa shape index (κ2) is 6.16. The molecule has 0 aromatic heterocycles. The Balaban J connectivity index is 1.79. The van der Waals surface area contributed by atoms with Crippen molar-refractivity contribution in [2.75, 3.05) is 49.1 Å². The predicted octanol–water partition coefficient (Wildman–Crippen LogP) is 2.06. The number of carbonyl (C=O) groups excluding carboxylic acids is 1. The lowest BCUT2D eigenvalue weighted by molar-refractivity contribution is 0.209. The number of urea groups is 1. The van der Waals surface area contributed by atoms with E-state index in [1.165, 1.54) is 11.3 Å². The summed E-state index contributed by atoms with van der Waals surface area (Å²) in [6, 6.07) is 6.87. The van der Waals surface area contributed by atoms with Crippen molar-refractivity contribution in [2.45, 2.75) is 26.8 Å². The van der Waals surface area contributed by atoms with Crippen LogP contribution in [0.4, 0.5) is 16.2 Å². The summed E-state index contributed by atoms with van der Waals surface area (Å²) in [5.41, 5.74) is 3.48. The molecule has 0 radical (unpaired) electrons. The van der Waals surface area contributed by atoms with Crippen LogP contribution in [0, 0.1) is 6.92 Å². The van der Waals surface area contributed by atoms with Gasteiger partial charge in [-0.3, -0.25) is 4.90 Å².